The molecular formula is C9H16N2O3. The molecule has 1 heterocycles. The predicted octanol–water partition coefficient (Wildman–Crippen LogP) is 0.854. The zero-order chi connectivity index (χ0) is 11.0. The van der Waals surface area contributed by atoms with Crippen molar-refractivity contribution < 1.29 is 14.3 Å². The molecule has 1 saturated heterocycles. The Balaban J connectivity index is 0.000000255. The summed E-state index contributed by atoms with van der Waals surface area (Å²) in [5.74, 6) is 0.208. The molecule has 80 valence electrons. The first-order chi connectivity index (χ1) is 6.61. The molecule has 0 unspecified atom stereocenters. The molecule has 5 nitrogen and oxygen atoms in total. The van der Waals surface area contributed by atoms with Crippen LogP contribution in [0.4, 0.5) is 4.79 Å². The van der Waals surface area contributed by atoms with E-state index in [1.54, 1.807) is 18.0 Å². The van der Waals surface area contributed by atoms with E-state index in [-0.39, 0.29) is 5.91 Å². The van der Waals surface area contributed by atoms with E-state index >= 15 is 0 Å². The van der Waals surface area contributed by atoms with E-state index in [1.165, 1.54) is 0 Å². The van der Waals surface area contributed by atoms with Gasteiger partial charge < -0.3 is 15.4 Å². The van der Waals surface area contributed by atoms with Gasteiger partial charge in [-0.1, -0.05) is 6.58 Å². The normalized spacial score (nSPS) is 14.4. The highest BCUT2D eigenvalue weighted by Crippen LogP contribution is 2.08. The van der Waals surface area contributed by atoms with Crippen LogP contribution in [-0.2, 0) is 9.53 Å². The number of ether oxygens (including phenoxy) is 1. The summed E-state index contributed by atoms with van der Waals surface area (Å²) in [7, 11) is 0. The van der Waals surface area contributed by atoms with E-state index in [1.807, 2.05) is 0 Å². The molecule has 5 heteroatoms. The minimum absolute atomic E-state index is 0.208. The molecule has 14 heavy (non-hydrogen) atoms. The number of hydrogen-bond acceptors (Lipinski definition) is 3. The molecule has 0 atom stereocenters. The predicted molar refractivity (Wildman–Crippen MR) is 52.4 cm³/mol. The number of carbonyl (C=O) groups excluding carboxylic acids is 2. The van der Waals surface area contributed by atoms with Crippen molar-refractivity contribution in [2.24, 2.45) is 5.73 Å². The quantitative estimate of drug-likeness (QED) is 0.718. The Morgan fingerprint density at radius 2 is 2.43 bits per heavy atom. The highest BCUT2D eigenvalue weighted by molar-refractivity contribution is 5.78. The second-order valence-corrected chi connectivity index (χ2v) is 2.63. The maximum absolute atomic E-state index is 10.7. The monoisotopic (exact) mass is 200 g/mol. The number of primary amides is 1. The third kappa shape index (κ3) is 5.18. The molecule has 1 aliphatic rings. The average Bonchev–Trinajstić information content (AvgIpc) is 2.51. The smallest absolute Gasteiger partial charge is 0.404 e. The summed E-state index contributed by atoms with van der Waals surface area (Å²) in [6.45, 7) is 6.42. The van der Waals surface area contributed by atoms with E-state index in [4.69, 9.17) is 0 Å². The number of carbonyl (C=O) groups is 2. The van der Waals surface area contributed by atoms with Crippen LogP contribution in [0.2, 0.25) is 0 Å². The average molecular weight is 200 g/mol. The molecule has 2 amide bonds. The zero-order valence-corrected chi connectivity index (χ0v) is 8.36. The molecule has 0 aliphatic carbocycles. The first-order valence-electron chi connectivity index (χ1n) is 4.46. The second-order valence-electron chi connectivity index (χ2n) is 2.63. The van der Waals surface area contributed by atoms with Crippen molar-refractivity contribution in [3.8, 4) is 0 Å². The summed E-state index contributed by atoms with van der Waals surface area (Å²) >= 11 is 0. The maximum atomic E-state index is 10.7. The van der Waals surface area contributed by atoms with Crippen LogP contribution in [0.25, 0.3) is 0 Å². The van der Waals surface area contributed by atoms with Gasteiger partial charge in [0.15, 0.2) is 0 Å². The van der Waals surface area contributed by atoms with Crippen molar-refractivity contribution >= 4 is 12.0 Å². The summed E-state index contributed by atoms with van der Waals surface area (Å²) < 4.78 is 4.18. The zero-order valence-electron chi connectivity index (χ0n) is 8.36. The number of hydrogen-bond donors (Lipinski definition) is 1. The summed E-state index contributed by atoms with van der Waals surface area (Å²) in [5.41, 5.74) is 4.54. The second kappa shape index (κ2) is 6.94. The van der Waals surface area contributed by atoms with E-state index in [2.05, 4.69) is 17.0 Å². The Kier molecular flexibility index (Phi) is 6.19. The fraction of sp³-hybridized carbons (Fsp3) is 0.556. The van der Waals surface area contributed by atoms with Crippen molar-refractivity contribution in [1.82, 2.24) is 4.90 Å². The first-order valence-corrected chi connectivity index (χ1v) is 4.46. The summed E-state index contributed by atoms with van der Waals surface area (Å²) in [4.78, 5) is 21.9. The lowest BCUT2D eigenvalue weighted by Gasteiger charge is -2.05. The maximum Gasteiger partial charge on any atom is 0.404 e. The van der Waals surface area contributed by atoms with Crippen molar-refractivity contribution in [2.75, 3.05) is 13.2 Å². The summed E-state index contributed by atoms with van der Waals surface area (Å²) in [6.07, 6.45) is 2.57. The lowest BCUT2D eigenvalue weighted by molar-refractivity contribution is -0.125. The molecule has 1 fully saturated rings. The van der Waals surface area contributed by atoms with Gasteiger partial charge in [-0.2, -0.15) is 0 Å². The molecule has 1 aliphatic heterocycles. The van der Waals surface area contributed by atoms with Crippen LogP contribution in [0.5, 0.6) is 0 Å². The first kappa shape index (κ1) is 12.5. The molecule has 0 saturated carbocycles. The minimum Gasteiger partial charge on any atom is -0.450 e. The molecule has 0 aromatic heterocycles. The van der Waals surface area contributed by atoms with E-state index < -0.39 is 6.09 Å². The van der Waals surface area contributed by atoms with Crippen LogP contribution in [-0.4, -0.2) is 30.1 Å². The van der Waals surface area contributed by atoms with Gasteiger partial charge in [0.2, 0.25) is 5.91 Å². The van der Waals surface area contributed by atoms with Gasteiger partial charge in [-0.3, -0.25) is 4.79 Å². The van der Waals surface area contributed by atoms with Gasteiger partial charge in [0.05, 0.1) is 6.61 Å². The fourth-order valence-corrected chi connectivity index (χ4v) is 1.00. The molecular weight excluding hydrogens is 184 g/mol. The van der Waals surface area contributed by atoms with Crippen LogP contribution in [0.1, 0.15) is 19.8 Å². The molecule has 0 aromatic carbocycles. The summed E-state index contributed by atoms with van der Waals surface area (Å²) in [6, 6.07) is 0. The molecule has 0 bridgehead atoms. The Bertz CT molecular complexity index is 216. The van der Waals surface area contributed by atoms with Gasteiger partial charge >= 0.3 is 6.09 Å². The van der Waals surface area contributed by atoms with E-state index in [0.717, 1.165) is 13.0 Å². The van der Waals surface area contributed by atoms with Crippen LogP contribution in [0, 0.1) is 0 Å². The number of rotatable bonds is 2. The largest absolute Gasteiger partial charge is 0.450 e. The molecule has 2 N–H and O–H groups in total. The lowest BCUT2D eigenvalue weighted by atomic mass is 10.4. The Morgan fingerprint density at radius 3 is 2.57 bits per heavy atom. The Labute approximate surface area is 83.5 Å². The van der Waals surface area contributed by atoms with Gasteiger partial charge in [0.25, 0.3) is 0 Å². The Hall–Kier alpha value is -1.52. The van der Waals surface area contributed by atoms with Crippen molar-refractivity contribution in [3.63, 3.8) is 0 Å². The van der Waals surface area contributed by atoms with Crippen LogP contribution < -0.4 is 5.73 Å². The number of amides is 2. The molecule has 1 rings (SSSR count). The number of nitrogens with zero attached hydrogens (tertiary/aromatic N) is 1. The topological polar surface area (TPSA) is 72.6 Å². The highest BCUT2D eigenvalue weighted by Gasteiger charge is 2.15. The van der Waals surface area contributed by atoms with Gasteiger partial charge in [0.1, 0.15) is 0 Å². The summed E-state index contributed by atoms with van der Waals surface area (Å²) in [5, 5.41) is 0. The van der Waals surface area contributed by atoms with E-state index in [0.29, 0.717) is 13.0 Å². The van der Waals surface area contributed by atoms with E-state index in [9.17, 15) is 9.59 Å². The van der Waals surface area contributed by atoms with Crippen LogP contribution >= 0.6 is 0 Å². The number of nitrogens with two attached hydrogens (primary N) is 1. The van der Waals surface area contributed by atoms with Gasteiger partial charge in [-0.05, 0) is 19.5 Å². The van der Waals surface area contributed by atoms with Crippen molar-refractivity contribution in [3.05, 3.63) is 12.8 Å². The van der Waals surface area contributed by atoms with Crippen LogP contribution in [0.3, 0.4) is 0 Å². The fourth-order valence-electron chi connectivity index (χ4n) is 1.00. The van der Waals surface area contributed by atoms with Crippen LogP contribution in [0.15, 0.2) is 12.8 Å². The van der Waals surface area contributed by atoms with Crippen molar-refractivity contribution in [1.29, 1.82) is 0 Å². The third-order valence-electron chi connectivity index (χ3n) is 1.62. The SMILES string of the molecule is C=CN1CCCC1=O.CCOC(N)=O. The molecule has 0 radical (unpaired) electrons. The number of likely N-dealkylation sites (tertiary alicyclic amines) is 1. The van der Waals surface area contributed by atoms with Crippen molar-refractivity contribution in [2.45, 2.75) is 19.8 Å². The highest BCUT2D eigenvalue weighted by atomic mass is 16.5. The van der Waals surface area contributed by atoms with Gasteiger partial charge in [-0.25, -0.2) is 4.79 Å². The minimum atomic E-state index is -0.711. The lowest BCUT2D eigenvalue weighted by Crippen LogP contribution is -2.16. The van der Waals surface area contributed by atoms with Gasteiger partial charge in [-0.15, -0.1) is 0 Å². The van der Waals surface area contributed by atoms with Gasteiger partial charge in [0, 0.05) is 13.0 Å². The Morgan fingerprint density at radius 1 is 1.79 bits per heavy atom. The molecule has 0 aromatic rings. The molecule has 0 spiro atoms. The standard InChI is InChI=1S/C6H9NO.C3H7NO2/c1-2-7-5-3-4-6(7)8;1-2-6-3(4)5/h2H,1,3-5H2;2H2,1H3,(H2,4,5). The third-order valence-corrected chi connectivity index (χ3v) is 1.62.